The molecule has 0 aromatic rings. The Morgan fingerprint density at radius 1 is 0.909 bits per heavy atom. The molecule has 0 bridgehead atoms. The zero-order chi connectivity index (χ0) is 15.8. The molecule has 0 radical (unpaired) electrons. The van der Waals surface area contributed by atoms with Gasteiger partial charge in [-0.15, -0.1) is 0 Å². The Morgan fingerprint density at radius 3 is 2.05 bits per heavy atom. The Labute approximate surface area is 135 Å². The Kier molecular flexibility index (Phi) is 7.20. The zero-order valence-corrected chi connectivity index (χ0v) is 14.1. The van der Waals surface area contributed by atoms with Gasteiger partial charge in [0.15, 0.2) is 0 Å². The summed E-state index contributed by atoms with van der Waals surface area (Å²) in [4.78, 5) is 26.2. The van der Waals surface area contributed by atoms with E-state index in [9.17, 15) is 9.59 Å². The van der Waals surface area contributed by atoms with Crippen LogP contribution in [-0.2, 0) is 9.59 Å². The Morgan fingerprint density at radius 2 is 1.45 bits per heavy atom. The van der Waals surface area contributed by atoms with Gasteiger partial charge in [0.2, 0.25) is 11.8 Å². The zero-order valence-electron chi connectivity index (χ0n) is 14.1. The largest absolute Gasteiger partial charge is 0.356 e. The van der Waals surface area contributed by atoms with E-state index in [1.165, 1.54) is 38.5 Å². The van der Waals surface area contributed by atoms with Gasteiger partial charge in [-0.05, 0) is 32.1 Å². The summed E-state index contributed by atoms with van der Waals surface area (Å²) >= 11 is 0. The third kappa shape index (κ3) is 5.29. The SMILES string of the molecule is CN(CCCNC(=O)C1CCCCC1)C(=O)C1CCCCC1. The molecule has 0 heterocycles. The fourth-order valence-electron chi connectivity index (χ4n) is 3.81. The normalized spacial score (nSPS) is 20.6. The van der Waals surface area contributed by atoms with Crippen LogP contribution < -0.4 is 5.32 Å². The van der Waals surface area contributed by atoms with Crippen LogP contribution in [0.25, 0.3) is 0 Å². The van der Waals surface area contributed by atoms with Crippen LogP contribution >= 0.6 is 0 Å². The molecule has 0 saturated heterocycles. The van der Waals surface area contributed by atoms with Gasteiger partial charge in [-0.3, -0.25) is 9.59 Å². The van der Waals surface area contributed by atoms with Crippen LogP contribution in [-0.4, -0.2) is 36.9 Å². The van der Waals surface area contributed by atoms with E-state index in [2.05, 4.69) is 5.32 Å². The molecule has 2 fully saturated rings. The Bertz CT molecular complexity index is 358. The molecule has 2 aliphatic carbocycles. The number of hydrogen-bond donors (Lipinski definition) is 1. The minimum absolute atomic E-state index is 0.223. The lowest BCUT2D eigenvalue weighted by molar-refractivity contribution is -0.135. The van der Waals surface area contributed by atoms with Crippen molar-refractivity contribution in [3.8, 4) is 0 Å². The Balaban J connectivity index is 1.59. The van der Waals surface area contributed by atoms with Crippen molar-refractivity contribution in [3.05, 3.63) is 0 Å². The number of nitrogens with one attached hydrogen (secondary N) is 1. The van der Waals surface area contributed by atoms with Gasteiger partial charge in [-0.2, -0.15) is 0 Å². The third-order valence-corrected chi connectivity index (χ3v) is 5.28. The molecule has 1 N–H and O–H groups in total. The highest BCUT2D eigenvalue weighted by Gasteiger charge is 2.24. The molecule has 2 rings (SSSR count). The first kappa shape index (κ1) is 17.3. The molecule has 2 aliphatic rings. The number of nitrogens with zero attached hydrogens (tertiary/aromatic N) is 1. The molecule has 0 spiro atoms. The first-order chi connectivity index (χ1) is 10.7. The van der Waals surface area contributed by atoms with Crippen LogP contribution in [0.15, 0.2) is 0 Å². The molecule has 0 unspecified atom stereocenters. The summed E-state index contributed by atoms with van der Waals surface area (Å²) < 4.78 is 0. The smallest absolute Gasteiger partial charge is 0.225 e. The summed E-state index contributed by atoms with van der Waals surface area (Å²) in [6.45, 7) is 1.44. The highest BCUT2D eigenvalue weighted by atomic mass is 16.2. The van der Waals surface area contributed by atoms with Crippen LogP contribution in [0, 0.1) is 11.8 Å². The number of amides is 2. The number of carbonyl (C=O) groups is 2. The maximum Gasteiger partial charge on any atom is 0.225 e. The summed E-state index contributed by atoms with van der Waals surface area (Å²) in [5.74, 6) is 1.00. The van der Waals surface area contributed by atoms with Gasteiger partial charge in [0.05, 0.1) is 0 Å². The Hall–Kier alpha value is -1.06. The van der Waals surface area contributed by atoms with Crippen molar-refractivity contribution in [2.75, 3.05) is 20.1 Å². The van der Waals surface area contributed by atoms with Crippen molar-refractivity contribution in [1.29, 1.82) is 0 Å². The van der Waals surface area contributed by atoms with Crippen molar-refractivity contribution in [2.45, 2.75) is 70.6 Å². The molecular formula is C18H32N2O2. The van der Waals surface area contributed by atoms with Crippen molar-refractivity contribution in [1.82, 2.24) is 10.2 Å². The van der Waals surface area contributed by atoms with Gasteiger partial charge in [0.25, 0.3) is 0 Å². The first-order valence-electron chi connectivity index (χ1n) is 9.21. The second kappa shape index (κ2) is 9.16. The molecule has 0 aromatic heterocycles. The van der Waals surface area contributed by atoms with Gasteiger partial charge in [-0.25, -0.2) is 0 Å². The summed E-state index contributed by atoms with van der Waals surface area (Å²) in [7, 11) is 1.90. The molecule has 2 saturated carbocycles. The summed E-state index contributed by atoms with van der Waals surface area (Å²) in [6.07, 6.45) is 12.4. The molecule has 2 amide bonds. The maximum absolute atomic E-state index is 12.3. The van der Waals surface area contributed by atoms with E-state index < -0.39 is 0 Å². The van der Waals surface area contributed by atoms with Gasteiger partial charge in [0.1, 0.15) is 0 Å². The monoisotopic (exact) mass is 308 g/mol. The molecular weight excluding hydrogens is 276 g/mol. The highest BCUT2D eigenvalue weighted by Crippen LogP contribution is 2.25. The van der Waals surface area contributed by atoms with Crippen molar-refractivity contribution in [3.63, 3.8) is 0 Å². The summed E-state index contributed by atoms with van der Waals surface area (Å²) in [5, 5.41) is 3.05. The summed E-state index contributed by atoms with van der Waals surface area (Å²) in [5.41, 5.74) is 0. The van der Waals surface area contributed by atoms with Crippen LogP contribution in [0.1, 0.15) is 70.6 Å². The first-order valence-corrected chi connectivity index (χ1v) is 9.21. The van der Waals surface area contributed by atoms with Gasteiger partial charge in [-0.1, -0.05) is 38.5 Å². The quantitative estimate of drug-likeness (QED) is 0.767. The highest BCUT2D eigenvalue weighted by molar-refractivity contribution is 5.79. The molecule has 0 atom stereocenters. The van der Waals surface area contributed by atoms with Crippen LogP contribution in [0.4, 0.5) is 0 Å². The molecule has 4 nitrogen and oxygen atoms in total. The number of rotatable bonds is 6. The number of hydrogen-bond acceptors (Lipinski definition) is 2. The second-order valence-electron chi connectivity index (χ2n) is 7.07. The standard InChI is InChI=1S/C18H32N2O2/c1-20(18(22)16-11-6-3-7-12-16)14-8-13-19-17(21)15-9-4-2-5-10-15/h15-16H,2-14H2,1H3,(H,19,21). The lowest BCUT2D eigenvalue weighted by Crippen LogP contribution is -2.37. The molecule has 0 aliphatic heterocycles. The predicted octanol–water partition coefficient (Wildman–Crippen LogP) is 3.11. The fourth-order valence-corrected chi connectivity index (χ4v) is 3.81. The van der Waals surface area contributed by atoms with Crippen LogP contribution in [0.3, 0.4) is 0 Å². The minimum atomic E-state index is 0.223. The van der Waals surface area contributed by atoms with E-state index in [4.69, 9.17) is 0 Å². The average Bonchev–Trinajstić information content (AvgIpc) is 2.59. The van der Waals surface area contributed by atoms with Gasteiger partial charge in [0, 0.05) is 32.0 Å². The number of carbonyl (C=O) groups excluding carboxylic acids is 2. The van der Waals surface area contributed by atoms with E-state index in [0.717, 1.165) is 38.6 Å². The van der Waals surface area contributed by atoms with E-state index >= 15 is 0 Å². The maximum atomic E-state index is 12.3. The molecule has 0 aromatic carbocycles. The fraction of sp³-hybridized carbons (Fsp3) is 0.889. The van der Waals surface area contributed by atoms with E-state index in [1.807, 2.05) is 11.9 Å². The van der Waals surface area contributed by atoms with E-state index in [-0.39, 0.29) is 17.7 Å². The third-order valence-electron chi connectivity index (χ3n) is 5.28. The lowest BCUT2D eigenvalue weighted by Gasteiger charge is -2.26. The second-order valence-corrected chi connectivity index (χ2v) is 7.07. The molecule has 4 heteroatoms. The van der Waals surface area contributed by atoms with E-state index in [0.29, 0.717) is 12.5 Å². The van der Waals surface area contributed by atoms with Gasteiger partial charge < -0.3 is 10.2 Å². The topological polar surface area (TPSA) is 49.4 Å². The lowest BCUT2D eigenvalue weighted by atomic mass is 9.88. The van der Waals surface area contributed by atoms with Gasteiger partial charge >= 0.3 is 0 Å². The van der Waals surface area contributed by atoms with Crippen LogP contribution in [0.2, 0.25) is 0 Å². The van der Waals surface area contributed by atoms with Crippen molar-refractivity contribution in [2.24, 2.45) is 11.8 Å². The average molecular weight is 308 g/mol. The van der Waals surface area contributed by atoms with E-state index in [1.54, 1.807) is 0 Å². The minimum Gasteiger partial charge on any atom is -0.356 e. The van der Waals surface area contributed by atoms with Crippen molar-refractivity contribution < 1.29 is 9.59 Å². The predicted molar refractivity (Wildman–Crippen MR) is 88.4 cm³/mol. The molecule has 22 heavy (non-hydrogen) atoms. The molecule has 126 valence electrons. The van der Waals surface area contributed by atoms with Crippen molar-refractivity contribution >= 4 is 11.8 Å². The summed E-state index contributed by atoms with van der Waals surface area (Å²) in [6, 6.07) is 0. The van der Waals surface area contributed by atoms with Crippen LogP contribution in [0.5, 0.6) is 0 Å².